The minimum Gasteiger partial charge on any atom is -0.493 e. The van der Waals surface area contributed by atoms with E-state index in [4.69, 9.17) is 4.74 Å². The molecule has 25 heavy (non-hydrogen) atoms. The molecule has 0 unspecified atom stereocenters. The lowest BCUT2D eigenvalue weighted by Gasteiger charge is -2.28. The van der Waals surface area contributed by atoms with Gasteiger partial charge in [-0.2, -0.15) is 0 Å². The summed E-state index contributed by atoms with van der Waals surface area (Å²) < 4.78 is 5.91. The fraction of sp³-hybridized carbons (Fsp3) is 0.476. The Morgan fingerprint density at radius 1 is 1.20 bits per heavy atom. The highest BCUT2D eigenvalue weighted by molar-refractivity contribution is 5.46. The summed E-state index contributed by atoms with van der Waals surface area (Å²) in [5.41, 5.74) is 5.06. The summed E-state index contributed by atoms with van der Waals surface area (Å²) in [7, 11) is 0. The second-order valence-corrected chi connectivity index (χ2v) is 7.29. The van der Waals surface area contributed by atoms with Crippen LogP contribution in [0.15, 0.2) is 30.5 Å². The molecule has 1 fully saturated rings. The van der Waals surface area contributed by atoms with Crippen molar-refractivity contribution in [1.82, 2.24) is 10.3 Å². The first kappa shape index (κ1) is 16.4. The Morgan fingerprint density at radius 3 is 2.80 bits per heavy atom. The van der Waals surface area contributed by atoms with Crippen LogP contribution < -0.4 is 15.0 Å². The number of pyridine rings is 1. The number of fused-ring (bicyclic) bond motifs is 1. The monoisotopic (exact) mass is 337 g/mol. The molecule has 0 aliphatic carbocycles. The molecule has 2 aromatic rings. The van der Waals surface area contributed by atoms with Crippen LogP contribution in [0.25, 0.3) is 0 Å². The second kappa shape index (κ2) is 7.04. The Hall–Kier alpha value is -2.07. The van der Waals surface area contributed by atoms with E-state index in [9.17, 15) is 0 Å². The van der Waals surface area contributed by atoms with Gasteiger partial charge in [-0.1, -0.05) is 23.8 Å². The highest BCUT2D eigenvalue weighted by Gasteiger charge is 2.23. The second-order valence-electron chi connectivity index (χ2n) is 7.29. The van der Waals surface area contributed by atoms with Crippen molar-refractivity contribution in [3.05, 3.63) is 52.7 Å². The van der Waals surface area contributed by atoms with Gasteiger partial charge in [-0.3, -0.25) is 0 Å². The third kappa shape index (κ3) is 3.49. The van der Waals surface area contributed by atoms with E-state index in [0.29, 0.717) is 6.04 Å². The number of rotatable bonds is 4. The Morgan fingerprint density at radius 2 is 2.04 bits per heavy atom. The summed E-state index contributed by atoms with van der Waals surface area (Å²) >= 11 is 0. The van der Waals surface area contributed by atoms with Crippen LogP contribution in [0.3, 0.4) is 0 Å². The summed E-state index contributed by atoms with van der Waals surface area (Å²) in [5.74, 6) is 2.18. The predicted octanol–water partition coefficient (Wildman–Crippen LogP) is 3.91. The van der Waals surface area contributed by atoms with Gasteiger partial charge in [0.25, 0.3) is 0 Å². The molecule has 1 N–H and O–H groups in total. The molecule has 1 atom stereocenters. The number of benzene rings is 1. The number of nitrogens with one attached hydrogen (secondary N) is 1. The van der Waals surface area contributed by atoms with Crippen LogP contribution in [0.1, 0.15) is 47.6 Å². The Kier molecular flexibility index (Phi) is 4.62. The third-order valence-electron chi connectivity index (χ3n) is 5.27. The standard InChI is InChI=1S/C21H27N3O/c1-15-11-16(2)21-18(12-15)19(7-10-25-21)22-13-17-5-6-20(23-14-17)24-8-3-4-9-24/h5-6,11-12,14,19,22H,3-4,7-10,13H2,1-2H3/t19-/m0/s1. The van der Waals surface area contributed by atoms with Crippen LogP contribution in [0.5, 0.6) is 5.75 Å². The van der Waals surface area contributed by atoms with Crippen molar-refractivity contribution in [3.8, 4) is 5.75 Å². The van der Waals surface area contributed by atoms with E-state index in [-0.39, 0.29) is 0 Å². The zero-order valence-corrected chi connectivity index (χ0v) is 15.2. The lowest BCUT2D eigenvalue weighted by molar-refractivity contribution is 0.250. The van der Waals surface area contributed by atoms with Gasteiger partial charge in [-0.25, -0.2) is 4.98 Å². The van der Waals surface area contributed by atoms with Crippen molar-refractivity contribution < 1.29 is 4.74 Å². The lowest BCUT2D eigenvalue weighted by Crippen LogP contribution is -2.27. The number of ether oxygens (including phenoxy) is 1. The molecule has 4 rings (SSSR count). The van der Waals surface area contributed by atoms with Gasteiger partial charge >= 0.3 is 0 Å². The van der Waals surface area contributed by atoms with Crippen LogP contribution in [0.4, 0.5) is 5.82 Å². The minimum atomic E-state index is 0.348. The largest absolute Gasteiger partial charge is 0.493 e. The van der Waals surface area contributed by atoms with Crippen molar-refractivity contribution in [1.29, 1.82) is 0 Å². The van der Waals surface area contributed by atoms with Crippen molar-refractivity contribution in [2.75, 3.05) is 24.6 Å². The summed E-state index contributed by atoms with van der Waals surface area (Å²) in [5, 5.41) is 3.70. The number of hydrogen-bond donors (Lipinski definition) is 1. The fourth-order valence-electron chi connectivity index (χ4n) is 3.99. The van der Waals surface area contributed by atoms with Gasteiger partial charge < -0.3 is 15.0 Å². The van der Waals surface area contributed by atoms with Gasteiger partial charge in [0, 0.05) is 43.9 Å². The molecule has 0 radical (unpaired) electrons. The minimum absolute atomic E-state index is 0.348. The molecular formula is C21H27N3O. The van der Waals surface area contributed by atoms with Crippen LogP contribution in [0, 0.1) is 13.8 Å². The molecule has 0 saturated carbocycles. The SMILES string of the molecule is Cc1cc(C)c2c(c1)[C@@H](NCc1ccc(N3CCCC3)nc1)CCO2. The molecule has 4 nitrogen and oxygen atoms in total. The number of hydrogen-bond acceptors (Lipinski definition) is 4. The van der Waals surface area contributed by atoms with Gasteiger partial charge in [0.2, 0.25) is 0 Å². The maximum Gasteiger partial charge on any atom is 0.128 e. The Bertz CT molecular complexity index is 736. The molecule has 1 saturated heterocycles. The van der Waals surface area contributed by atoms with E-state index in [2.05, 4.69) is 53.3 Å². The van der Waals surface area contributed by atoms with E-state index >= 15 is 0 Å². The van der Waals surface area contributed by atoms with Crippen molar-refractivity contribution in [2.24, 2.45) is 0 Å². The molecule has 4 heteroatoms. The topological polar surface area (TPSA) is 37.4 Å². The van der Waals surface area contributed by atoms with Gasteiger partial charge in [0.05, 0.1) is 6.61 Å². The summed E-state index contributed by atoms with van der Waals surface area (Å²) in [6.45, 7) is 8.19. The first-order valence-corrected chi connectivity index (χ1v) is 9.38. The Balaban J connectivity index is 1.44. The number of aryl methyl sites for hydroxylation is 2. The van der Waals surface area contributed by atoms with Gasteiger partial charge in [0.1, 0.15) is 11.6 Å². The fourth-order valence-corrected chi connectivity index (χ4v) is 3.99. The summed E-state index contributed by atoms with van der Waals surface area (Å²) in [4.78, 5) is 7.03. The number of anilines is 1. The molecule has 3 heterocycles. The normalized spacial score (nSPS) is 19.6. The van der Waals surface area contributed by atoms with Crippen molar-refractivity contribution in [3.63, 3.8) is 0 Å². The van der Waals surface area contributed by atoms with Crippen molar-refractivity contribution in [2.45, 2.75) is 45.7 Å². The Labute approximate surface area is 150 Å². The van der Waals surface area contributed by atoms with E-state index in [1.807, 2.05) is 6.20 Å². The molecule has 2 aliphatic rings. The third-order valence-corrected chi connectivity index (χ3v) is 5.27. The zero-order chi connectivity index (χ0) is 17.2. The van der Waals surface area contributed by atoms with Crippen LogP contribution >= 0.6 is 0 Å². The smallest absolute Gasteiger partial charge is 0.128 e. The number of nitrogens with zero attached hydrogens (tertiary/aromatic N) is 2. The van der Waals surface area contributed by atoms with E-state index in [0.717, 1.165) is 44.2 Å². The van der Waals surface area contributed by atoms with Crippen LogP contribution in [-0.4, -0.2) is 24.7 Å². The predicted molar refractivity (Wildman–Crippen MR) is 101 cm³/mol. The lowest BCUT2D eigenvalue weighted by atomic mass is 9.95. The first-order valence-electron chi connectivity index (χ1n) is 9.38. The quantitative estimate of drug-likeness (QED) is 0.918. The zero-order valence-electron chi connectivity index (χ0n) is 15.2. The van der Waals surface area contributed by atoms with E-state index < -0.39 is 0 Å². The molecule has 0 bridgehead atoms. The molecule has 2 aliphatic heterocycles. The van der Waals surface area contributed by atoms with Gasteiger partial charge in [0.15, 0.2) is 0 Å². The highest BCUT2D eigenvalue weighted by Crippen LogP contribution is 2.35. The highest BCUT2D eigenvalue weighted by atomic mass is 16.5. The molecule has 1 aromatic heterocycles. The van der Waals surface area contributed by atoms with Gasteiger partial charge in [-0.05, 0) is 43.9 Å². The molecular weight excluding hydrogens is 310 g/mol. The van der Waals surface area contributed by atoms with Crippen LogP contribution in [0.2, 0.25) is 0 Å². The van der Waals surface area contributed by atoms with Crippen molar-refractivity contribution >= 4 is 5.82 Å². The van der Waals surface area contributed by atoms with Crippen LogP contribution in [-0.2, 0) is 6.54 Å². The maximum absolute atomic E-state index is 5.91. The average molecular weight is 337 g/mol. The first-order chi connectivity index (χ1) is 12.2. The maximum atomic E-state index is 5.91. The molecule has 0 spiro atoms. The van der Waals surface area contributed by atoms with E-state index in [1.54, 1.807) is 0 Å². The number of aromatic nitrogens is 1. The molecule has 1 aromatic carbocycles. The van der Waals surface area contributed by atoms with E-state index in [1.165, 1.54) is 35.1 Å². The summed E-state index contributed by atoms with van der Waals surface area (Å²) in [6.07, 6.45) is 5.59. The molecule has 132 valence electrons. The summed E-state index contributed by atoms with van der Waals surface area (Å²) in [6, 6.07) is 9.17. The average Bonchev–Trinajstić information content (AvgIpc) is 3.15. The molecule has 0 amide bonds. The van der Waals surface area contributed by atoms with Gasteiger partial charge in [-0.15, -0.1) is 0 Å².